The standard InChI is InChI=1S/C17H17N3O/c1-2-20-15-9-4-3-8-14(15)19-17(20)11-16(21)12-6-5-7-13(18)10-12/h3-10H,2,11,18H2,1H3. The van der Waals surface area contributed by atoms with Crippen LogP contribution in [0.25, 0.3) is 11.0 Å². The van der Waals surface area contributed by atoms with Crippen molar-refractivity contribution in [3.05, 3.63) is 59.9 Å². The summed E-state index contributed by atoms with van der Waals surface area (Å²) in [4.78, 5) is 17.0. The van der Waals surface area contributed by atoms with Crippen molar-refractivity contribution in [3.63, 3.8) is 0 Å². The normalized spacial score (nSPS) is 10.9. The van der Waals surface area contributed by atoms with Gasteiger partial charge >= 0.3 is 0 Å². The van der Waals surface area contributed by atoms with Gasteiger partial charge in [-0.15, -0.1) is 0 Å². The average Bonchev–Trinajstić information content (AvgIpc) is 2.84. The van der Waals surface area contributed by atoms with Gasteiger partial charge in [-0.05, 0) is 31.2 Å². The summed E-state index contributed by atoms with van der Waals surface area (Å²) in [5, 5.41) is 0. The van der Waals surface area contributed by atoms with E-state index in [1.54, 1.807) is 24.3 Å². The Morgan fingerprint density at radius 2 is 2.00 bits per heavy atom. The van der Waals surface area contributed by atoms with Gasteiger partial charge in [0, 0.05) is 17.8 Å². The Bertz CT molecular complexity index is 805. The van der Waals surface area contributed by atoms with Gasteiger partial charge in [-0.25, -0.2) is 4.98 Å². The summed E-state index contributed by atoms with van der Waals surface area (Å²) in [6.07, 6.45) is 0.284. The summed E-state index contributed by atoms with van der Waals surface area (Å²) in [5.74, 6) is 0.832. The first-order chi connectivity index (χ1) is 10.2. The number of nitrogens with zero attached hydrogens (tertiary/aromatic N) is 2. The third-order valence-electron chi connectivity index (χ3n) is 3.58. The summed E-state index contributed by atoms with van der Waals surface area (Å²) in [6, 6.07) is 15.0. The molecule has 0 aliphatic heterocycles. The molecule has 0 radical (unpaired) electrons. The highest BCUT2D eigenvalue weighted by molar-refractivity contribution is 5.98. The Labute approximate surface area is 123 Å². The smallest absolute Gasteiger partial charge is 0.170 e. The zero-order valence-corrected chi connectivity index (χ0v) is 11.9. The van der Waals surface area contributed by atoms with Crippen LogP contribution in [0.5, 0.6) is 0 Å². The first-order valence-corrected chi connectivity index (χ1v) is 7.02. The van der Waals surface area contributed by atoms with E-state index in [0.29, 0.717) is 11.3 Å². The van der Waals surface area contributed by atoms with Crippen LogP contribution in [0, 0.1) is 0 Å². The number of carbonyl (C=O) groups excluding carboxylic acids is 1. The maximum atomic E-state index is 12.4. The number of aromatic nitrogens is 2. The summed E-state index contributed by atoms with van der Waals surface area (Å²) in [6.45, 7) is 2.85. The maximum absolute atomic E-state index is 12.4. The quantitative estimate of drug-likeness (QED) is 0.589. The Balaban J connectivity index is 1.96. The Morgan fingerprint density at radius 3 is 2.76 bits per heavy atom. The van der Waals surface area contributed by atoms with E-state index in [4.69, 9.17) is 5.73 Å². The number of hydrogen-bond donors (Lipinski definition) is 1. The minimum Gasteiger partial charge on any atom is -0.399 e. The molecule has 1 heterocycles. The highest BCUT2D eigenvalue weighted by Gasteiger charge is 2.14. The predicted octanol–water partition coefficient (Wildman–Crippen LogP) is 3.06. The molecule has 0 saturated carbocycles. The van der Waals surface area contributed by atoms with E-state index in [1.807, 2.05) is 24.3 Å². The van der Waals surface area contributed by atoms with Gasteiger partial charge in [0.1, 0.15) is 5.82 Å². The fourth-order valence-electron chi connectivity index (χ4n) is 2.57. The van der Waals surface area contributed by atoms with E-state index in [1.165, 1.54) is 0 Å². The number of hydrogen-bond acceptors (Lipinski definition) is 3. The molecule has 0 aliphatic rings. The van der Waals surface area contributed by atoms with Crippen molar-refractivity contribution in [3.8, 4) is 0 Å². The number of aryl methyl sites for hydroxylation is 1. The number of rotatable bonds is 4. The van der Waals surface area contributed by atoms with E-state index < -0.39 is 0 Å². The van der Waals surface area contributed by atoms with Gasteiger partial charge < -0.3 is 10.3 Å². The fraction of sp³-hybridized carbons (Fsp3) is 0.176. The summed E-state index contributed by atoms with van der Waals surface area (Å²) < 4.78 is 2.08. The molecular weight excluding hydrogens is 262 g/mol. The van der Waals surface area contributed by atoms with Crippen molar-refractivity contribution in [2.24, 2.45) is 0 Å². The lowest BCUT2D eigenvalue weighted by atomic mass is 10.1. The Kier molecular flexibility index (Phi) is 3.44. The molecule has 0 aliphatic carbocycles. The lowest BCUT2D eigenvalue weighted by molar-refractivity contribution is 0.0990. The molecule has 0 bridgehead atoms. The minimum atomic E-state index is 0.0345. The Morgan fingerprint density at radius 1 is 1.19 bits per heavy atom. The molecule has 0 atom stereocenters. The molecule has 4 nitrogen and oxygen atoms in total. The zero-order valence-electron chi connectivity index (χ0n) is 11.9. The average molecular weight is 279 g/mol. The van der Waals surface area contributed by atoms with Gasteiger partial charge in [0.25, 0.3) is 0 Å². The number of para-hydroxylation sites is 2. The molecule has 0 spiro atoms. The van der Waals surface area contributed by atoms with Crippen LogP contribution in [0.4, 0.5) is 5.69 Å². The van der Waals surface area contributed by atoms with Gasteiger partial charge in [0.05, 0.1) is 17.5 Å². The fourth-order valence-corrected chi connectivity index (χ4v) is 2.57. The molecule has 2 N–H and O–H groups in total. The largest absolute Gasteiger partial charge is 0.399 e. The number of imidazole rings is 1. The van der Waals surface area contributed by atoms with Gasteiger partial charge in [0.2, 0.25) is 0 Å². The van der Waals surface area contributed by atoms with Gasteiger partial charge in [-0.1, -0.05) is 24.3 Å². The van der Waals surface area contributed by atoms with Crippen LogP contribution in [0.15, 0.2) is 48.5 Å². The number of anilines is 1. The van der Waals surface area contributed by atoms with Crippen LogP contribution in [0.1, 0.15) is 23.1 Å². The number of nitrogens with two attached hydrogens (primary N) is 1. The van der Waals surface area contributed by atoms with Crippen LogP contribution in [0.3, 0.4) is 0 Å². The molecule has 0 saturated heterocycles. The molecule has 1 aromatic heterocycles. The highest BCUT2D eigenvalue weighted by atomic mass is 16.1. The van der Waals surface area contributed by atoms with E-state index in [9.17, 15) is 4.79 Å². The van der Waals surface area contributed by atoms with Crippen LogP contribution < -0.4 is 5.73 Å². The second kappa shape index (κ2) is 5.40. The van der Waals surface area contributed by atoms with E-state index >= 15 is 0 Å². The lowest BCUT2D eigenvalue weighted by Crippen LogP contribution is -2.10. The maximum Gasteiger partial charge on any atom is 0.170 e. The van der Waals surface area contributed by atoms with Gasteiger partial charge in [-0.2, -0.15) is 0 Å². The van der Waals surface area contributed by atoms with E-state index in [0.717, 1.165) is 23.4 Å². The molecule has 0 unspecified atom stereocenters. The molecule has 4 heteroatoms. The summed E-state index contributed by atoms with van der Waals surface area (Å²) in [7, 11) is 0. The Hall–Kier alpha value is -2.62. The number of benzene rings is 2. The molecule has 21 heavy (non-hydrogen) atoms. The van der Waals surface area contributed by atoms with Crippen molar-refractivity contribution in [2.75, 3.05) is 5.73 Å². The first-order valence-electron chi connectivity index (χ1n) is 7.02. The number of nitrogen functional groups attached to an aromatic ring is 1. The summed E-state index contributed by atoms with van der Waals surface area (Å²) in [5.41, 5.74) is 8.96. The summed E-state index contributed by atoms with van der Waals surface area (Å²) >= 11 is 0. The third kappa shape index (κ3) is 2.52. The second-order valence-corrected chi connectivity index (χ2v) is 4.99. The highest BCUT2D eigenvalue weighted by Crippen LogP contribution is 2.18. The van der Waals surface area contributed by atoms with Gasteiger partial charge in [-0.3, -0.25) is 4.79 Å². The molecule has 2 aromatic carbocycles. The topological polar surface area (TPSA) is 60.9 Å². The van der Waals surface area contributed by atoms with Crippen molar-refractivity contribution in [2.45, 2.75) is 19.9 Å². The molecule has 106 valence electrons. The van der Waals surface area contributed by atoms with Gasteiger partial charge in [0.15, 0.2) is 5.78 Å². The van der Waals surface area contributed by atoms with E-state index in [-0.39, 0.29) is 12.2 Å². The van der Waals surface area contributed by atoms with Crippen LogP contribution in [0.2, 0.25) is 0 Å². The van der Waals surface area contributed by atoms with Crippen molar-refractivity contribution in [1.82, 2.24) is 9.55 Å². The SMILES string of the molecule is CCn1c(CC(=O)c2cccc(N)c2)nc2ccccc21. The molecule has 3 aromatic rings. The zero-order chi connectivity index (χ0) is 14.8. The number of fused-ring (bicyclic) bond motifs is 1. The van der Waals surface area contributed by atoms with Crippen LogP contribution in [-0.2, 0) is 13.0 Å². The number of carbonyl (C=O) groups is 1. The van der Waals surface area contributed by atoms with Crippen molar-refractivity contribution in [1.29, 1.82) is 0 Å². The number of Topliss-reactive ketones (excluding diaryl/α,β-unsaturated/α-hetero) is 1. The molecular formula is C17H17N3O. The molecule has 3 rings (SSSR count). The van der Waals surface area contributed by atoms with Crippen molar-refractivity contribution >= 4 is 22.5 Å². The van der Waals surface area contributed by atoms with Crippen LogP contribution >= 0.6 is 0 Å². The monoisotopic (exact) mass is 279 g/mol. The first kappa shape index (κ1) is 13.4. The third-order valence-corrected chi connectivity index (χ3v) is 3.58. The minimum absolute atomic E-state index is 0.0345. The van der Waals surface area contributed by atoms with E-state index in [2.05, 4.69) is 16.5 Å². The van der Waals surface area contributed by atoms with Crippen molar-refractivity contribution < 1.29 is 4.79 Å². The van der Waals surface area contributed by atoms with Crippen LogP contribution in [-0.4, -0.2) is 15.3 Å². The number of ketones is 1. The molecule has 0 fully saturated rings. The predicted molar refractivity (Wildman–Crippen MR) is 84.3 cm³/mol. The second-order valence-electron chi connectivity index (χ2n) is 4.99. The lowest BCUT2D eigenvalue weighted by Gasteiger charge is -2.06. The molecule has 0 amide bonds.